The molecule has 2 aromatic rings. The van der Waals surface area contributed by atoms with Gasteiger partial charge in [0.05, 0.1) is 13.0 Å². The Balaban J connectivity index is 1.76. The van der Waals surface area contributed by atoms with Gasteiger partial charge in [0, 0.05) is 23.4 Å². The van der Waals surface area contributed by atoms with Crippen LogP contribution >= 0.6 is 11.6 Å². The molecule has 29 heavy (non-hydrogen) atoms. The predicted molar refractivity (Wildman–Crippen MR) is 109 cm³/mol. The van der Waals surface area contributed by atoms with Crippen LogP contribution in [0.15, 0.2) is 71.3 Å². The summed E-state index contributed by atoms with van der Waals surface area (Å²) in [5.74, 6) is 0.603. The maximum Gasteiger partial charge on any atom is 0.205 e. The first-order valence-corrected chi connectivity index (χ1v) is 9.63. The van der Waals surface area contributed by atoms with Gasteiger partial charge in [-0.05, 0) is 35.2 Å². The van der Waals surface area contributed by atoms with E-state index in [1.807, 2.05) is 42.5 Å². The van der Waals surface area contributed by atoms with Gasteiger partial charge in [-0.15, -0.1) is 0 Å². The maximum absolute atomic E-state index is 13.2. The summed E-state index contributed by atoms with van der Waals surface area (Å²) in [6.07, 6.45) is 0.849. The fraction of sp³-hybridized carbons (Fsp3) is 0.217. The molecule has 1 heterocycles. The van der Waals surface area contributed by atoms with Gasteiger partial charge in [0.2, 0.25) is 5.88 Å². The van der Waals surface area contributed by atoms with E-state index in [0.717, 1.165) is 11.3 Å². The first-order chi connectivity index (χ1) is 14.0. The maximum atomic E-state index is 13.2. The summed E-state index contributed by atoms with van der Waals surface area (Å²) >= 11 is 6.40. The lowest BCUT2D eigenvalue weighted by atomic mass is 9.73. The van der Waals surface area contributed by atoms with E-state index in [-0.39, 0.29) is 23.2 Å². The highest BCUT2D eigenvalue weighted by molar-refractivity contribution is 6.31. The molecule has 6 heteroatoms. The van der Waals surface area contributed by atoms with Crippen molar-refractivity contribution in [3.8, 4) is 11.8 Å². The lowest BCUT2D eigenvalue weighted by Crippen LogP contribution is -2.30. The van der Waals surface area contributed by atoms with Crippen molar-refractivity contribution in [2.75, 3.05) is 7.11 Å². The number of ether oxygens (including phenoxy) is 2. The number of nitriles is 1. The molecule has 146 valence electrons. The molecule has 0 bridgehead atoms. The van der Waals surface area contributed by atoms with E-state index in [1.54, 1.807) is 13.2 Å². The first kappa shape index (κ1) is 19.1. The zero-order valence-electron chi connectivity index (χ0n) is 15.8. The van der Waals surface area contributed by atoms with Gasteiger partial charge in [-0.2, -0.15) is 5.26 Å². The molecule has 0 amide bonds. The van der Waals surface area contributed by atoms with E-state index in [1.165, 1.54) is 0 Å². The number of nitrogens with two attached hydrogens (primary N) is 1. The summed E-state index contributed by atoms with van der Waals surface area (Å²) in [6, 6.07) is 17.0. The van der Waals surface area contributed by atoms with Crippen molar-refractivity contribution in [2.24, 2.45) is 5.73 Å². The summed E-state index contributed by atoms with van der Waals surface area (Å²) < 4.78 is 11.0. The molecule has 2 atom stereocenters. The molecule has 0 radical (unpaired) electrons. The van der Waals surface area contributed by atoms with Crippen LogP contribution in [0.5, 0.6) is 5.75 Å². The Morgan fingerprint density at radius 3 is 2.55 bits per heavy atom. The first-order valence-electron chi connectivity index (χ1n) is 9.25. The summed E-state index contributed by atoms with van der Waals surface area (Å²) in [5, 5.41) is 10.2. The second-order valence-electron chi connectivity index (χ2n) is 7.08. The van der Waals surface area contributed by atoms with Crippen LogP contribution in [0.2, 0.25) is 5.02 Å². The van der Waals surface area contributed by atoms with Crippen molar-refractivity contribution in [3.63, 3.8) is 0 Å². The summed E-state index contributed by atoms with van der Waals surface area (Å²) in [6.45, 7) is 0. The number of carbonyl (C=O) groups is 1. The number of methoxy groups -OCH3 is 1. The Morgan fingerprint density at radius 1 is 1.17 bits per heavy atom. The molecule has 0 aromatic heterocycles. The Morgan fingerprint density at radius 2 is 1.90 bits per heavy atom. The lowest BCUT2D eigenvalue weighted by molar-refractivity contribution is -0.117. The topological polar surface area (TPSA) is 85.3 Å². The van der Waals surface area contributed by atoms with E-state index >= 15 is 0 Å². The van der Waals surface area contributed by atoms with Crippen LogP contribution in [0.25, 0.3) is 0 Å². The number of hydrogen-bond donors (Lipinski definition) is 1. The van der Waals surface area contributed by atoms with Gasteiger partial charge in [-0.3, -0.25) is 4.79 Å². The van der Waals surface area contributed by atoms with Crippen LogP contribution in [0.3, 0.4) is 0 Å². The monoisotopic (exact) mass is 406 g/mol. The Kier molecular flexibility index (Phi) is 5.04. The average molecular weight is 407 g/mol. The molecule has 1 aliphatic carbocycles. The fourth-order valence-corrected chi connectivity index (χ4v) is 4.28. The minimum absolute atomic E-state index is 0.0272. The van der Waals surface area contributed by atoms with E-state index < -0.39 is 5.92 Å². The van der Waals surface area contributed by atoms with Gasteiger partial charge in [0.25, 0.3) is 0 Å². The van der Waals surface area contributed by atoms with Gasteiger partial charge >= 0.3 is 0 Å². The molecular weight excluding hydrogens is 388 g/mol. The van der Waals surface area contributed by atoms with Crippen molar-refractivity contribution in [1.82, 2.24) is 0 Å². The van der Waals surface area contributed by atoms with E-state index in [0.29, 0.717) is 34.8 Å². The molecule has 2 aliphatic rings. The third-order valence-corrected chi connectivity index (χ3v) is 5.81. The van der Waals surface area contributed by atoms with E-state index in [2.05, 4.69) is 6.07 Å². The summed E-state index contributed by atoms with van der Waals surface area (Å²) in [7, 11) is 1.61. The molecule has 2 N–H and O–H groups in total. The molecule has 0 saturated heterocycles. The molecule has 4 rings (SSSR count). The van der Waals surface area contributed by atoms with Crippen molar-refractivity contribution in [1.29, 1.82) is 5.26 Å². The third-order valence-electron chi connectivity index (χ3n) is 5.46. The molecule has 1 aliphatic heterocycles. The molecule has 0 unspecified atom stereocenters. The highest BCUT2D eigenvalue weighted by atomic mass is 35.5. The van der Waals surface area contributed by atoms with Crippen LogP contribution in [-0.2, 0) is 9.53 Å². The summed E-state index contributed by atoms with van der Waals surface area (Å²) in [4.78, 5) is 13.2. The molecule has 2 aromatic carbocycles. The van der Waals surface area contributed by atoms with Gasteiger partial charge < -0.3 is 15.2 Å². The smallest absolute Gasteiger partial charge is 0.205 e. The number of halogens is 1. The van der Waals surface area contributed by atoms with Gasteiger partial charge in [0.15, 0.2) is 5.78 Å². The number of carbonyl (C=O) groups excluding carboxylic acids is 1. The van der Waals surface area contributed by atoms with E-state index in [4.69, 9.17) is 26.8 Å². The predicted octanol–water partition coefficient (Wildman–Crippen LogP) is 4.56. The normalized spacial score (nSPS) is 21.3. The van der Waals surface area contributed by atoms with Gasteiger partial charge in [-0.1, -0.05) is 41.9 Å². The van der Waals surface area contributed by atoms with Crippen LogP contribution in [0, 0.1) is 11.3 Å². The molecule has 0 saturated carbocycles. The van der Waals surface area contributed by atoms with Crippen LogP contribution < -0.4 is 10.5 Å². The average Bonchev–Trinajstić information content (AvgIpc) is 2.73. The van der Waals surface area contributed by atoms with E-state index in [9.17, 15) is 10.1 Å². The SMILES string of the molecule is COc1ccc([C@H]2CC(=O)C3=C(C2)OC(N)=C(C#N)[C@@H]3c2ccccc2Cl)cc1. The standard InChI is InChI=1S/C23H19ClN2O3/c1-28-15-8-6-13(7-9-15)14-10-19(27)22-20(11-14)29-23(26)17(12-25)21(22)16-4-2-3-5-18(16)24/h2-9,14,21H,10-11,26H2,1H3/t14-,21-/m0/s1. The van der Waals surface area contributed by atoms with Crippen molar-refractivity contribution in [3.05, 3.63) is 87.5 Å². The second kappa shape index (κ2) is 7.65. The Hall–Kier alpha value is -3.23. The summed E-state index contributed by atoms with van der Waals surface area (Å²) in [5.41, 5.74) is 8.47. The highest BCUT2D eigenvalue weighted by Crippen LogP contribution is 2.47. The molecule has 5 nitrogen and oxygen atoms in total. The minimum atomic E-state index is -0.609. The Bertz CT molecular complexity index is 1080. The van der Waals surface area contributed by atoms with Crippen molar-refractivity contribution < 1.29 is 14.3 Å². The van der Waals surface area contributed by atoms with Crippen LogP contribution in [-0.4, -0.2) is 12.9 Å². The zero-order chi connectivity index (χ0) is 20.5. The number of nitrogens with zero attached hydrogens (tertiary/aromatic N) is 1. The lowest BCUT2D eigenvalue weighted by Gasteiger charge is -2.34. The van der Waals surface area contributed by atoms with Crippen molar-refractivity contribution >= 4 is 17.4 Å². The number of rotatable bonds is 3. The van der Waals surface area contributed by atoms with Crippen LogP contribution in [0.1, 0.15) is 35.8 Å². The third kappa shape index (κ3) is 3.37. The molecule has 0 spiro atoms. The Labute approximate surface area is 174 Å². The number of ketones is 1. The number of hydrogen-bond acceptors (Lipinski definition) is 5. The second-order valence-corrected chi connectivity index (χ2v) is 7.49. The largest absolute Gasteiger partial charge is 0.497 e. The zero-order valence-corrected chi connectivity index (χ0v) is 16.6. The van der Waals surface area contributed by atoms with Gasteiger partial charge in [-0.25, -0.2) is 0 Å². The van der Waals surface area contributed by atoms with Gasteiger partial charge in [0.1, 0.15) is 23.2 Å². The molecular formula is C23H19ClN2O3. The molecule has 0 fully saturated rings. The number of allylic oxidation sites excluding steroid dienone is 3. The van der Waals surface area contributed by atoms with Crippen LogP contribution in [0.4, 0.5) is 0 Å². The number of Topliss-reactive ketones (excluding diaryl/α,β-unsaturated/α-hetero) is 1. The van der Waals surface area contributed by atoms with Crippen molar-refractivity contribution in [2.45, 2.75) is 24.7 Å². The quantitative estimate of drug-likeness (QED) is 0.807. The number of benzene rings is 2. The highest BCUT2D eigenvalue weighted by Gasteiger charge is 2.41. The minimum Gasteiger partial charge on any atom is -0.497 e. The fourth-order valence-electron chi connectivity index (χ4n) is 4.04.